The van der Waals surface area contributed by atoms with E-state index in [-0.39, 0.29) is 20.7 Å². The highest BCUT2D eigenvalue weighted by atomic mass is 79.9. The van der Waals surface area contributed by atoms with Crippen molar-refractivity contribution in [3.63, 3.8) is 0 Å². The minimum atomic E-state index is -0.222. The van der Waals surface area contributed by atoms with Crippen LogP contribution in [0.15, 0.2) is 11.8 Å². The van der Waals surface area contributed by atoms with Crippen molar-refractivity contribution in [2.45, 2.75) is 11.8 Å². The van der Waals surface area contributed by atoms with Gasteiger partial charge in [0.25, 0.3) is 0 Å². The molecule has 2 atom stereocenters. The van der Waals surface area contributed by atoms with Gasteiger partial charge in [-0.1, -0.05) is 25.4 Å². The predicted octanol–water partition coefficient (Wildman–Crippen LogP) is 0.584. The molecule has 6 heteroatoms. The van der Waals surface area contributed by atoms with Gasteiger partial charge in [-0.15, -0.1) is 0 Å². The van der Waals surface area contributed by atoms with Crippen LogP contribution in [-0.4, -0.2) is 31.5 Å². The van der Waals surface area contributed by atoms with Gasteiger partial charge in [0.2, 0.25) is 5.91 Å². The van der Waals surface area contributed by atoms with E-state index in [1.54, 1.807) is 4.90 Å². The Balaban J connectivity index is 2.31. The van der Waals surface area contributed by atoms with Gasteiger partial charge in [0, 0.05) is 17.3 Å². The van der Waals surface area contributed by atoms with Crippen molar-refractivity contribution in [3.8, 4) is 0 Å². The fourth-order valence-electron chi connectivity index (χ4n) is 1.43. The minimum Gasteiger partial charge on any atom is -0.306 e. The third-order valence-corrected chi connectivity index (χ3v) is 6.25. The largest absolute Gasteiger partial charge is 0.306 e. The van der Waals surface area contributed by atoms with Crippen molar-refractivity contribution in [1.29, 1.82) is 0 Å². The summed E-state index contributed by atoms with van der Waals surface area (Å²) in [4.78, 5) is 12.9. The third kappa shape index (κ3) is 1.55. The van der Waals surface area contributed by atoms with Crippen LogP contribution in [0.25, 0.3) is 0 Å². The molecule has 0 saturated carbocycles. The second-order valence-electron chi connectivity index (χ2n) is 2.97. The number of carbonyl (C=O) groups excluding carboxylic acids is 1. The molecule has 2 unspecified atom stereocenters. The average molecular weight is 282 g/mol. The Kier molecular flexibility index (Phi) is 2.71. The van der Waals surface area contributed by atoms with Gasteiger partial charge in [-0.25, -0.2) is 4.21 Å². The molecule has 13 heavy (non-hydrogen) atoms. The summed E-state index contributed by atoms with van der Waals surface area (Å²) >= 11 is 3.35. The molecule has 2 rings (SSSR count). The first-order chi connectivity index (χ1) is 6.26. The van der Waals surface area contributed by atoms with Crippen molar-refractivity contribution in [3.05, 3.63) is 11.8 Å². The highest BCUT2D eigenvalue weighted by Crippen LogP contribution is 2.29. The molecule has 0 N–H and O–H groups in total. The zero-order valence-electron chi connectivity index (χ0n) is 6.73. The van der Waals surface area contributed by atoms with Gasteiger partial charge < -0.3 is 4.90 Å². The number of hydrogen-bond acceptors (Lipinski definition) is 2. The van der Waals surface area contributed by atoms with Gasteiger partial charge in [-0.2, -0.15) is 0 Å². The second-order valence-corrected chi connectivity index (χ2v) is 6.96. The van der Waals surface area contributed by atoms with Crippen LogP contribution in [0.3, 0.4) is 0 Å². The van der Waals surface area contributed by atoms with Gasteiger partial charge in [0.05, 0.1) is 11.8 Å². The van der Waals surface area contributed by atoms with Crippen molar-refractivity contribution < 1.29 is 9.00 Å². The van der Waals surface area contributed by atoms with Gasteiger partial charge in [0.15, 0.2) is 0 Å². The number of fused-ring (bicyclic) bond motifs is 1. The number of nitrogens with zero attached hydrogens (tertiary/aromatic N) is 1. The zero-order chi connectivity index (χ0) is 9.42. The predicted molar refractivity (Wildman–Crippen MR) is 57.5 cm³/mol. The molecule has 0 aromatic carbocycles. The Hall–Kier alpha value is 0.0600. The quantitative estimate of drug-likeness (QED) is 0.521. The maximum absolute atomic E-state index is 11.1. The van der Waals surface area contributed by atoms with Gasteiger partial charge in [0.1, 0.15) is 10.2 Å². The first kappa shape index (κ1) is 9.61. The molecule has 1 fully saturated rings. The molecular formula is C7H8BrNO2S2. The van der Waals surface area contributed by atoms with Crippen LogP contribution in [0.4, 0.5) is 0 Å². The van der Waals surface area contributed by atoms with Crippen molar-refractivity contribution in [2.24, 2.45) is 0 Å². The summed E-state index contributed by atoms with van der Waals surface area (Å²) in [6.45, 7) is 0. The topological polar surface area (TPSA) is 37.4 Å². The molecule has 72 valence electrons. The number of β-lactam (4-membered cyclic amide) rings is 1. The van der Waals surface area contributed by atoms with E-state index in [0.717, 1.165) is 16.7 Å². The number of carbonyl (C=O) groups is 1. The first-order valence-electron chi connectivity index (χ1n) is 3.83. The lowest BCUT2D eigenvalue weighted by Crippen LogP contribution is -2.54. The van der Waals surface area contributed by atoms with Gasteiger partial charge in [-0.05, 0) is 5.57 Å². The Bertz CT molecular complexity index is 348. The molecule has 0 radical (unpaired) electrons. The summed E-state index contributed by atoms with van der Waals surface area (Å²) in [5.74, 6) is 0.989. The van der Waals surface area contributed by atoms with Gasteiger partial charge in [-0.3, -0.25) is 4.79 Å². The summed E-state index contributed by atoms with van der Waals surface area (Å²) in [5, 5.41) is 0.950. The molecular weight excluding hydrogens is 274 g/mol. The highest BCUT2D eigenvalue weighted by Gasteiger charge is 2.40. The minimum absolute atomic E-state index is 0.148. The summed E-state index contributed by atoms with van der Waals surface area (Å²) < 4.78 is 10.8. The van der Waals surface area contributed by atoms with Gasteiger partial charge >= 0.3 is 0 Å². The van der Waals surface area contributed by atoms with E-state index in [1.807, 2.05) is 6.20 Å². The highest BCUT2D eigenvalue weighted by molar-refractivity contribution is 9.09. The molecule has 2 aliphatic heterocycles. The van der Waals surface area contributed by atoms with E-state index < -0.39 is 0 Å². The second kappa shape index (κ2) is 3.67. The number of rotatable bonds is 1. The third-order valence-electron chi connectivity index (χ3n) is 2.16. The van der Waals surface area contributed by atoms with Crippen LogP contribution in [-0.2, 0) is 24.5 Å². The fourth-order valence-corrected chi connectivity index (χ4v) is 5.02. The van der Waals surface area contributed by atoms with E-state index in [1.165, 1.54) is 0 Å². The monoisotopic (exact) mass is 281 g/mol. The van der Waals surface area contributed by atoms with Crippen LogP contribution in [0.2, 0.25) is 0 Å². The Labute approximate surface area is 90.0 Å². The van der Waals surface area contributed by atoms with E-state index >= 15 is 0 Å². The molecule has 0 aliphatic carbocycles. The van der Waals surface area contributed by atoms with E-state index in [4.69, 9.17) is 0 Å². The van der Waals surface area contributed by atoms with Crippen LogP contribution in [0.1, 0.15) is 6.42 Å². The molecule has 3 nitrogen and oxygen atoms in total. The van der Waals surface area contributed by atoms with Crippen LogP contribution >= 0.6 is 15.9 Å². The summed E-state index contributed by atoms with van der Waals surface area (Å²) in [5.41, 5.74) is 1.15. The SMILES string of the molecule is O=S=S1CC(CBr)=CN2C(=O)CC21. The van der Waals surface area contributed by atoms with Crippen LogP contribution < -0.4 is 0 Å². The standard InChI is InChI=1S/C7H8BrNO2S2/c8-2-5-3-9-6(10)1-7(9)13(4-5)12-11/h3,7H,1-2,4H2. The van der Waals surface area contributed by atoms with Crippen LogP contribution in [0, 0.1) is 0 Å². The smallest absolute Gasteiger partial charge is 0.230 e. The number of hydrogen-bond donors (Lipinski definition) is 0. The van der Waals surface area contributed by atoms with Crippen LogP contribution in [0.5, 0.6) is 0 Å². The summed E-state index contributed by atoms with van der Waals surface area (Å²) in [6.07, 6.45) is 2.45. The number of halogens is 1. The lowest BCUT2D eigenvalue weighted by atomic mass is 10.2. The summed E-state index contributed by atoms with van der Waals surface area (Å²) in [7, 11) is 0.430. The number of amides is 1. The Morgan fingerprint density at radius 3 is 3.08 bits per heavy atom. The maximum atomic E-state index is 11.1. The molecule has 0 bridgehead atoms. The lowest BCUT2D eigenvalue weighted by molar-refractivity contribution is -0.137. The van der Waals surface area contributed by atoms with Crippen molar-refractivity contribution in [2.75, 3.05) is 11.1 Å². The lowest BCUT2D eigenvalue weighted by Gasteiger charge is -2.42. The molecule has 1 amide bonds. The molecule has 0 aromatic rings. The van der Waals surface area contributed by atoms with Crippen molar-refractivity contribution in [1.82, 2.24) is 4.90 Å². The van der Waals surface area contributed by atoms with E-state index in [2.05, 4.69) is 15.9 Å². The normalized spacial score (nSPS) is 31.9. The Morgan fingerprint density at radius 2 is 2.54 bits per heavy atom. The molecule has 2 heterocycles. The fraction of sp³-hybridized carbons (Fsp3) is 0.571. The summed E-state index contributed by atoms with van der Waals surface area (Å²) in [6, 6.07) is 0. The molecule has 1 saturated heterocycles. The first-order valence-corrected chi connectivity index (χ1v) is 7.66. The molecule has 2 aliphatic rings. The molecule has 0 spiro atoms. The van der Waals surface area contributed by atoms with E-state index in [0.29, 0.717) is 16.6 Å². The Morgan fingerprint density at radius 1 is 1.77 bits per heavy atom. The average Bonchev–Trinajstić information content (AvgIpc) is 2.16. The molecule has 0 aromatic heterocycles. The maximum Gasteiger partial charge on any atom is 0.230 e. The number of alkyl halides is 1. The zero-order valence-corrected chi connectivity index (χ0v) is 9.95. The van der Waals surface area contributed by atoms with Crippen molar-refractivity contribution >= 4 is 41.5 Å². The van der Waals surface area contributed by atoms with E-state index in [9.17, 15) is 9.00 Å².